The van der Waals surface area contributed by atoms with Crippen molar-refractivity contribution in [2.24, 2.45) is 0 Å². The van der Waals surface area contributed by atoms with Crippen LogP contribution in [0.4, 0.5) is 4.79 Å². The number of methoxy groups -OCH3 is 1. The quantitative estimate of drug-likeness (QED) is 0.733. The molecule has 90 valence electrons. The molecule has 1 heterocycles. The molecule has 0 saturated carbocycles. The summed E-state index contributed by atoms with van der Waals surface area (Å²) in [5.41, 5.74) is 0. The zero-order valence-corrected chi connectivity index (χ0v) is 9.49. The molecule has 6 nitrogen and oxygen atoms in total. The number of Topliss-reactive ketones (excluding diaryl/α,β-unsaturated/α-hetero) is 1. The van der Waals surface area contributed by atoms with Crippen LogP contribution in [0.5, 0.6) is 0 Å². The molecule has 1 aliphatic rings. The van der Waals surface area contributed by atoms with Crippen LogP contribution in [0, 0.1) is 0 Å². The highest BCUT2D eigenvalue weighted by Gasteiger charge is 2.31. The van der Waals surface area contributed by atoms with Gasteiger partial charge in [0, 0.05) is 6.54 Å². The van der Waals surface area contributed by atoms with Crippen LogP contribution < -0.4 is 5.32 Å². The minimum absolute atomic E-state index is 0.0103. The molecule has 2 amide bonds. The molecule has 0 radical (unpaired) electrons. The van der Waals surface area contributed by atoms with Crippen LogP contribution in [0.15, 0.2) is 0 Å². The van der Waals surface area contributed by atoms with E-state index < -0.39 is 6.09 Å². The van der Waals surface area contributed by atoms with Crippen molar-refractivity contribution in [3.63, 3.8) is 0 Å². The molecule has 1 rings (SSSR count). The van der Waals surface area contributed by atoms with Crippen molar-refractivity contribution >= 4 is 17.8 Å². The number of carbonyl (C=O) groups excluding carboxylic acids is 3. The maximum absolute atomic E-state index is 11.7. The summed E-state index contributed by atoms with van der Waals surface area (Å²) >= 11 is 0. The minimum Gasteiger partial charge on any atom is -0.453 e. The van der Waals surface area contributed by atoms with E-state index in [4.69, 9.17) is 0 Å². The van der Waals surface area contributed by atoms with Crippen molar-refractivity contribution in [1.82, 2.24) is 10.2 Å². The van der Waals surface area contributed by atoms with Crippen LogP contribution in [0.25, 0.3) is 0 Å². The van der Waals surface area contributed by atoms with Gasteiger partial charge in [0.05, 0.1) is 13.2 Å². The predicted molar refractivity (Wildman–Crippen MR) is 55.8 cm³/mol. The van der Waals surface area contributed by atoms with Crippen LogP contribution in [-0.2, 0) is 14.3 Å². The SMILES string of the molecule is COC(=O)NCC(=O)N1CCC[C@H]1C(C)=O. The summed E-state index contributed by atoms with van der Waals surface area (Å²) in [6.07, 6.45) is 0.889. The molecule has 0 aliphatic carbocycles. The Balaban J connectivity index is 2.47. The average molecular weight is 228 g/mol. The van der Waals surface area contributed by atoms with Gasteiger partial charge in [-0.05, 0) is 19.8 Å². The fourth-order valence-electron chi connectivity index (χ4n) is 1.81. The van der Waals surface area contributed by atoms with Gasteiger partial charge < -0.3 is 15.0 Å². The molecule has 0 aromatic carbocycles. The number of rotatable bonds is 3. The molecular weight excluding hydrogens is 212 g/mol. The van der Waals surface area contributed by atoms with E-state index in [1.54, 1.807) is 0 Å². The van der Waals surface area contributed by atoms with Gasteiger partial charge in [-0.2, -0.15) is 0 Å². The van der Waals surface area contributed by atoms with Crippen molar-refractivity contribution in [3.8, 4) is 0 Å². The molecule has 1 N–H and O–H groups in total. The highest BCUT2D eigenvalue weighted by atomic mass is 16.5. The summed E-state index contributed by atoms with van der Waals surface area (Å²) < 4.78 is 4.35. The Hall–Kier alpha value is -1.59. The molecule has 1 aliphatic heterocycles. The monoisotopic (exact) mass is 228 g/mol. The van der Waals surface area contributed by atoms with Gasteiger partial charge in [0.15, 0.2) is 5.78 Å². The van der Waals surface area contributed by atoms with Crippen LogP contribution >= 0.6 is 0 Å². The number of nitrogens with zero attached hydrogens (tertiary/aromatic N) is 1. The second-order valence-electron chi connectivity index (χ2n) is 3.70. The van der Waals surface area contributed by atoms with E-state index >= 15 is 0 Å². The second kappa shape index (κ2) is 5.48. The van der Waals surface area contributed by atoms with Crippen LogP contribution in [-0.4, -0.2) is 48.9 Å². The standard InChI is InChI=1S/C10H16N2O4/c1-7(13)8-4-3-5-12(8)9(14)6-11-10(15)16-2/h8H,3-6H2,1-2H3,(H,11,15)/t8-/m0/s1. The molecular formula is C10H16N2O4. The van der Waals surface area contributed by atoms with Gasteiger partial charge >= 0.3 is 6.09 Å². The van der Waals surface area contributed by atoms with Crippen molar-refractivity contribution < 1.29 is 19.1 Å². The van der Waals surface area contributed by atoms with Crippen LogP contribution in [0.2, 0.25) is 0 Å². The number of hydrogen-bond donors (Lipinski definition) is 1. The number of carbonyl (C=O) groups is 3. The lowest BCUT2D eigenvalue weighted by atomic mass is 10.1. The molecule has 0 aromatic heterocycles. The first kappa shape index (κ1) is 12.5. The fourth-order valence-corrected chi connectivity index (χ4v) is 1.81. The molecule has 0 unspecified atom stereocenters. The highest BCUT2D eigenvalue weighted by molar-refractivity contribution is 5.89. The molecule has 16 heavy (non-hydrogen) atoms. The molecule has 0 aromatic rings. The third kappa shape index (κ3) is 2.95. The zero-order chi connectivity index (χ0) is 12.1. The lowest BCUT2D eigenvalue weighted by Crippen LogP contribution is -2.44. The fraction of sp³-hybridized carbons (Fsp3) is 0.700. The van der Waals surface area contributed by atoms with E-state index in [0.717, 1.165) is 6.42 Å². The Bertz CT molecular complexity index is 303. The Morgan fingerprint density at radius 2 is 2.12 bits per heavy atom. The summed E-state index contributed by atoms with van der Waals surface area (Å²) in [6, 6.07) is -0.327. The summed E-state index contributed by atoms with van der Waals surface area (Å²) in [4.78, 5) is 35.2. The lowest BCUT2D eigenvalue weighted by molar-refractivity contribution is -0.136. The summed E-state index contributed by atoms with van der Waals surface area (Å²) in [5.74, 6) is -0.257. The maximum atomic E-state index is 11.7. The summed E-state index contributed by atoms with van der Waals surface area (Å²) in [5, 5.41) is 2.30. The van der Waals surface area contributed by atoms with Crippen molar-refractivity contribution in [3.05, 3.63) is 0 Å². The number of ether oxygens (including phenoxy) is 1. The smallest absolute Gasteiger partial charge is 0.407 e. The van der Waals surface area contributed by atoms with Gasteiger partial charge in [-0.15, -0.1) is 0 Å². The van der Waals surface area contributed by atoms with E-state index in [9.17, 15) is 14.4 Å². The molecule has 0 spiro atoms. The Labute approximate surface area is 93.9 Å². The van der Waals surface area contributed by atoms with E-state index in [1.807, 2.05) is 0 Å². The number of ketones is 1. The summed E-state index contributed by atoms with van der Waals surface area (Å²) in [6.45, 7) is 1.92. The Kier molecular flexibility index (Phi) is 4.28. The van der Waals surface area contributed by atoms with Gasteiger partial charge in [-0.1, -0.05) is 0 Å². The van der Waals surface area contributed by atoms with Gasteiger partial charge in [0.25, 0.3) is 0 Å². The summed E-state index contributed by atoms with van der Waals surface area (Å²) in [7, 11) is 1.23. The van der Waals surface area contributed by atoms with Crippen LogP contribution in [0.3, 0.4) is 0 Å². The Morgan fingerprint density at radius 1 is 1.44 bits per heavy atom. The first-order valence-corrected chi connectivity index (χ1v) is 5.18. The van der Waals surface area contributed by atoms with Gasteiger partial charge in [-0.25, -0.2) is 4.79 Å². The molecule has 1 saturated heterocycles. The lowest BCUT2D eigenvalue weighted by Gasteiger charge is -2.22. The third-order valence-electron chi connectivity index (χ3n) is 2.61. The normalized spacial score (nSPS) is 19.4. The molecule has 1 fully saturated rings. The van der Waals surface area contributed by atoms with Crippen molar-refractivity contribution in [1.29, 1.82) is 0 Å². The molecule has 6 heteroatoms. The van der Waals surface area contributed by atoms with E-state index in [0.29, 0.717) is 13.0 Å². The Morgan fingerprint density at radius 3 is 2.69 bits per heavy atom. The predicted octanol–water partition coefficient (Wildman–Crippen LogP) is -0.0776. The number of hydrogen-bond acceptors (Lipinski definition) is 4. The van der Waals surface area contributed by atoms with E-state index in [1.165, 1.54) is 18.9 Å². The first-order valence-electron chi connectivity index (χ1n) is 5.18. The van der Waals surface area contributed by atoms with Gasteiger partial charge in [0.2, 0.25) is 5.91 Å². The molecule has 1 atom stereocenters. The third-order valence-corrected chi connectivity index (χ3v) is 2.61. The minimum atomic E-state index is -0.646. The van der Waals surface area contributed by atoms with Gasteiger partial charge in [-0.3, -0.25) is 9.59 Å². The highest BCUT2D eigenvalue weighted by Crippen LogP contribution is 2.17. The number of amides is 2. The van der Waals surface area contributed by atoms with E-state index in [2.05, 4.69) is 10.1 Å². The number of likely N-dealkylation sites (tertiary alicyclic amines) is 1. The van der Waals surface area contributed by atoms with Crippen molar-refractivity contribution in [2.45, 2.75) is 25.8 Å². The number of nitrogens with one attached hydrogen (secondary N) is 1. The average Bonchev–Trinajstić information content (AvgIpc) is 2.74. The first-order chi connectivity index (χ1) is 7.56. The van der Waals surface area contributed by atoms with E-state index in [-0.39, 0.29) is 24.3 Å². The van der Waals surface area contributed by atoms with Crippen molar-refractivity contribution in [2.75, 3.05) is 20.2 Å². The zero-order valence-electron chi connectivity index (χ0n) is 9.49. The maximum Gasteiger partial charge on any atom is 0.407 e. The van der Waals surface area contributed by atoms with Gasteiger partial charge in [0.1, 0.15) is 6.54 Å². The number of alkyl carbamates (subject to hydrolysis) is 1. The second-order valence-corrected chi connectivity index (χ2v) is 3.70. The van der Waals surface area contributed by atoms with Crippen LogP contribution in [0.1, 0.15) is 19.8 Å². The largest absolute Gasteiger partial charge is 0.453 e. The topological polar surface area (TPSA) is 75.7 Å². The molecule has 0 bridgehead atoms.